The average molecular weight is 489 g/mol. The number of halogens is 1. The molecule has 0 saturated carbocycles. The molecule has 7 heteroatoms. The number of aliphatic imine (C=N–C) groups is 1. The van der Waals surface area contributed by atoms with Crippen LogP contribution in [0.15, 0.2) is 23.2 Å². The molecule has 1 aliphatic rings. The third-order valence-electron chi connectivity index (χ3n) is 5.03. The largest absolute Gasteiger partial charge is 0.383 e. The van der Waals surface area contributed by atoms with Gasteiger partial charge in [0.15, 0.2) is 5.96 Å². The maximum Gasteiger partial charge on any atom is 0.191 e. The number of aryl methyl sites for hydroxylation is 1. The highest BCUT2D eigenvalue weighted by atomic mass is 127. The first-order chi connectivity index (χ1) is 12.5. The van der Waals surface area contributed by atoms with Crippen LogP contribution in [0.1, 0.15) is 18.1 Å². The van der Waals surface area contributed by atoms with Gasteiger partial charge in [-0.25, -0.2) is 0 Å². The predicted octanol–water partition coefficient (Wildman–Crippen LogP) is 2.24. The smallest absolute Gasteiger partial charge is 0.191 e. The molecule has 1 unspecified atom stereocenters. The first kappa shape index (κ1) is 24.0. The van der Waals surface area contributed by atoms with Gasteiger partial charge in [0, 0.05) is 65.2 Å². The maximum absolute atomic E-state index is 5.15. The number of piperazine rings is 1. The van der Waals surface area contributed by atoms with Gasteiger partial charge in [0.25, 0.3) is 0 Å². The molecule has 1 atom stereocenters. The molecule has 154 valence electrons. The Balaban J connectivity index is 0.00000364. The number of nitrogens with zero attached hydrogens (tertiary/aromatic N) is 3. The molecule has 1 aliphatic heterocycles. The quantitative estimate of drug-likeness (QED) is 0.350. The van der Waals surface area contributed by atoms with E-state index in [0.29, 0.717) is 6.61 Å². The Bertz CT molecular complexity index is 588. The first-order valence-corrected chi connectivity index (χ1v) is 9.54. The first-order valence-electron chi connectivity index (χ1n) is 9.54. The van der Waals surface area contributed by atoms with E-state index in [0.717, 1.165) is 45.2 Å². The molecule has 2 N–H and O–H groups in total. The van der Waals surface area contributed by atoms with E-state index >= 15 is 0 Å². The lowest BCUT2D eigenvalue weighted by Crippen LogP contribution is -2.50. The third-order valence-corrected chi connectivity index (χ3v) is 5.03. The molecule has 27 heavy (non-hydrogen) atoms. The Kier molecular flexibility index (Phi) is 11.0. The summed E-state index contributed by atoms with van der Waals surface area (Å²) < 4.78 is 5.15. The van der Waals surface area contributed by atoms with E-state index in [1.807, 2.05) is 0 Å². The molecule has 0 aromatic heterocycles. The lowest BCUT2D eigenvalue weighted by atomic mass is 10.1. The summed E-state index contributed by atoms with van der Waals surface area (Å²) in [7, 11) is 3.52. The van der Waals surface area contributed by atoms with Gasteiger partial charge in [0.05, 0.1) is 6.61 Å². The molecule has 0 bridgehead atoms. The van der Waals surface area contributed by atoms with Crippen molar-refractivity contribution in [2.45, 2.75) is 26.8 Å². The van der Waals surface area contributed by atoms with E-state index in [2.05, 4.69) is 64.4 Å². The molecular weight excluding hydrogens is 453 g/mol. The van der Waals surface area contributed by atoms with Gasteiger partial charge in [-0.15, -0.1) is 24.0 Å². The predicted molar refractivity (Wildman–Crippen MR) is 126 cm³/mol. The lowest BCUT2D eigenvalue weighted by molar-refractivity contribution is 0.179. The Hall–Kier alpha value is -1.06. The summed E-state index contributed by atoms with van der Waals surface area (Å²) in [5.74, 6) is 0.837. The monoisotopic (exact) mass is 489 g/mol. The van der Waals surface area contributed by atoms with Gasteiger partial charge in [0.1, 0.15) is 0 Å². The van der Waals surface area contributed by atoms with Gasteiger partial charge in [0.2, 0.25) is 0 Å². The van der Waals surface area contributed by atoms with Crippen molar-refractivity contribution in [1.29, 1.82) is 0 Å². The Morgan fingerprint density at radius 2 is 1.93 bits per heavy atom. The van der Waals surface area contributed by atoms with Crippen LogP contribution in [0.25, 0.3) is 0 Å². The van der Waals surface area contributed by atoms with Crippen LogP contribution in [-0.2, 0) is 4.74 Å². The zero-order chi connectivity index (χ0) is 18.9. The second kappa shape index (κ2) is 12.4. The normalized spacial score (nSPS) is 16.6. The minimum absolute atomic E-state index is 0. The van der Waals surface area contributed by atoms with Crippen LogP contribution in [0.2, 0.25) is 0 Å². The van der Waals surface area contributed by atoms with Gasteiger partial charge >= 0.3 is 0 Å². The Morgan fingerprint density at radius 1 is 1.22 bits per heavy atom. The van der Waals surface area contributed by atoms with Gasteiger partial charge in [-0.3, -0.25) is 9.89 Å². The number of guanidine groups is 1. The number of ether oxygens (including phenoxy) is 1. The van der Waals surface area contributed by atoms with Gasteiger partial charge < -0.3 is 20.3 Å². The van der Waals surface area contributed by atoms with Crippen LogP contribution >= 0.6 is 24.0 Å². The minimum atomic E-state index is 0. The highest BCUT2D eigenvalue weighted by Gasteiger charge is 2.18. The van der Waals surface area contributed by atoms with Crippen molar-refractivity contribution in [3.63, 3.8) is 0 Å². The van der Waals surface area contributed by atoms with Gasteiger partial charge in [-0.2, -0.15) is 0 Å². The van der Waals surface area contributed by atoms with E-state index in [1.165, 1.54) is 16.8 Å². The molecule has 1 aromatic carbocycles. The standard InChI is InChI=1S/C20H35N5O.HI/c1-16-7-6-8-19(18(16)3)25-13-11-24(12-14-25)10-9-22-20(21-4)23-17(2)15-26-5;/h6-8,17H,9-15H2,1-5H3,(H2,21,22,23);1H. The molecular formula is C20H36IN5O. The minimum Gasteiger partial charge on any atom is -0.383 e. The van der Waals surface area contributed by atoms with E-state index in [4.69, 9.17) is 4.74 Å². The van der Waals surface area contributed by atoms with Crippen LogP contribution in [0.5, 0.6) is 0 Å². The zero-order valence-electron chi connectivity index (χ0n) is 17.4. The summed E-state index contributed by atoms with van der Waals surface area (Å²) in [6, 6.07) is 6.84. The maximum atomic E-state index is 5.15. The zero-order valence-corrected chi connectivity index (χ0v) is 19.7. The molecule has 0 amide bonds. The van der Waals surface area contributed by atoms with Crippen LogP contribution in [0.3, 0.4) is 0 Å². The topological polar surface area (TPSA) is 52.1 Å². The van der Waals surface area contributed by atoms with Crippen molar-refractivity contribution in [2.75, 3.05) is 64.9 Å². The van der Waals surface area contributed by atoms with Crippen molar-refractivity contribution in [1.82, 2.24) is 15.5 Å². The summed E-state index contributed by atoms with van der Waals surface area (Å²) in [6.07, 6.45) is 0. The molecule has 2 rings (SSSR count). The number of nitrogens with one attached hydrogen (secondary N) is 2. The summed E-state index contributed by atoms with van der Waals surface area (Å²) in [5.41, 5.74) is 4.16. The van der Waals surface area contributed by atoms with Crippen LogP contribution in [-0.4, -0.2) is 76.9 Å². The van der Waals surface area contributed by atoms with Crippen molar-refractivity contribution in [2.24, 2.45) is 4.99 Å². The number of anilines is 1. The fourth-order valence-electron chi connectivity index (χ4n) is 3.34. The third kappa shape index (κ3) is 7.46. The Labute approximate surface area is 181 Å². The van der Waals surface area contributed by atoms with Gasteiger partial charge in [-0.05, 0) is 38.0 Å². The summed E-state index contributed by atoms with van der Waals surface area (Å²) in [6.45, 7) is 13.5. The number of hydrogen-bond donors (Lipinski definition) is 2. The fourth-order valence-corrected chi connectivity index (χ4v) is 3.34. The molecule has 6 nitrogen and oxygen atoms in total. The fraction of sp³-hybridized carbons (Fsp3) is 0.650. The number of benzene rings is 1. The van der Waals surface area contributed by atoms with E-state index < -0.39 is 0 Å². The van der Waals surface area contributed by atoms with Crippen molar-refractivity contribution in [3.8, 4) is 0 Å². The number of rotatable bonds is 7. The lowest BCUT2D eigenvalue weighted by Gasteiger charge is -2.37. The summed E-state index contributed by atoms with van der Waals surface area (Å²) in [4.78, 5) is 9.30. The van der Waals surface area contributed by atoms with Crippen molar-refractivity contribution in [3.05, 3.63) is 29.3 Å². The SMILES string of the molecule is CN=C(NCCN1CCN(c2cccc(C)c2C)CC1)NC(C)COC.I. The molecule has 0 radical (unpaired) electrons. The van der Waals surface area contributed by atoms with Gasteiger partial charge in [-0.1, -0.05) is 12.1 Å². The number of hydrogen-bond acceptors (Lipinski definition) is 4. The van der Waals surface area contributed by atoms with E-state index in [9.17, 15) is 0 Å². The molecule has 1 aromatic rings. The van der Waals surface area contributed by atoms with E-state index in [1.54, 1.807) is 14.2 Å². The second-order valence-corrected chi connectivity index (χ2v) is 7.05. The van der Waals surface area contributed by atoms with Crippen molar-refractivity contribution < 1.29 is 4.74 Å². The molecule has 0 spiro atoms. The molecule has 1 fully saturated rings. The van der Waals surface area contributed by atoms with Crippen LogP contribution < -0.4 is 15.5 Å². The molecule has 0 aliphatic carbocycles. The number of methoxy groups -OCH3 is 1. The average Bonchev–Trinajstić information content (AvgIpc) is 2.64. The summed E-state index contributed by atoms with van der Waals surface area (Å²) in [5, 5.41) is 6.73. The molecule has 1 heterocycles. The highest BCUT2D eigenvalue weighted by molar-refractivity contribution is 14.0. The van der Waals surface area contributed by atoms with E-state index in [-0.39, 0.29) is 30.0 Å². The Morgan fingerprint density at radius 3 is 2.56 bits per heavy atom. The molecule has 1 saturated heterocycles. The highest BCUT2D eigenvalue weighted by Crippen LogP contribution is 2.23. The van der Waals surface area contributed by atoms with Crippen LogP contribution in [0, 0.1) is 13.8 Å². The summed E-state index contributed by atoms with van der Waals surface area (Å²) >= 11 is 0. The second-order valence-electron chi connectivity index (χ2n) is 7.05. The van der Waals surface area contributed by atoms with Crippen LogP contribution in [0.4, 0.5) is 5.69 Å². The van der Waals surface area contributed by atoms with Crippen molar-refractivity contribution >= 4 is 35.6 Å².